The summed E-state index contributed by atoms with van der Waals surface area (Å²) in [6.07, 6.45) is 1.56. The van der Waals surface area contributed by atoms with E-state index in [9.17, 15) is 0 Å². The van der Waals surface area contributed by atoms with Crippen LogP contribution < -0.4 is 10.1 Å². The van der Waals surface area contributed by atoms with Crippen molar-refractivity contribution in [2.24, 2.45) is 0 Å². The van der Waals surface area contributed by atoms with Crippen LogP contribution in [0.5, 0.6) is 5.75 Å². The molecule has 1 aromatic carbocycles. The first-order valence-electron chi connectivity index (χ1n) is 7.99. The molecule has 0 saturated carbocycles. The number of nitrogens with one attached hydrogen (secondary N) is 1. The number of nitrogens with zero attached hydrogens (tertiary/aromatic N) is 3. The Balaban J connectivity index is 1.35. The molecule has 0 aliphatic heterocycles. The molecule has 0 fully saturated rings. The highest BCUT2D eigenvalue weighted by atomic mass is 16.5. The van der Waals surface area contributed by atoms with E-state index in [1.807, 2.05) is 30.3 Å². The Labute approximate surface area is 148 Å². The summed E-state index contributed by atoms with van der Waals surface area (Å²) >= 11 is 0. The first-order chi connectivity index (χ1) is 12.8. The highest BCUT2D eigenvalue weighted by Crippen LogP contribution is 2.24. The fourth-order valence-electron chi connectivity index (χ4n) is 2.44. The third-order valence-electron chi connectivity index (χ3n) is 3.71. The molecule has 3 heterocycles. The van der Waals surface area contributed by atoms with Crippen molar-refractivity contribution < 1.29 is 18.2 Å². The van der Waals surface area contributed by atoms with Crippen molar-refractivity contribution in [2.45, 2.75) is 13.1 Å². The molecule has 132 valence electrons. The maximum atomic E-state index is 5.40. The van der Waals surface area contributed by atoms with Crippen LogP contribution in [-0.4, -0.2) is 22.4 Å². The van der Waals surface area contributed by atoms with E-state index in [0.29, 0.717) is 36.3 Å². The van der Waals surface area contributed by atoms with Gasteiger partial charge in [-0.2, -0.15) is 4.98 Å². The Morgan fingerprint density at radius 3 is 2.81 bits per heavy atom. The highest BCUT2D eigenvalue weighted by Gasteiger charge is 2.11. The van der Waals surface area contributed by atoms with Crippen LogP contribution in [0.3, 0.4) is 0 Å². The Morgan fingerprint density at radius 2 is 1.96 bits per heavy atom. The standard InChI is InChI=1S/C18H16N4O4/c1-23-14-5-2-4-12(8-14)16-9-13(21-25-16)10-19-11-17-20-18(22-26-17)15-6-3-7-24-15/h2-9,19H,10-11H2,1H3. The maximum Gasteiger partial charge on any atom is 0.241 e. The third kappa shape index (κ3) is 3.50. The van der Waals surface area contributed by atoms with Gasteiger partial charge in [0.05, 0.1) is 25.6 Å². The van der Waals surface area contributed by atoms with Gasteiger partial charge in [0.25, 0.3) is 0 Å². The first kappa shape index (κ1) is 16.1. The van der Waals surface area contributed by atoms with Crippen LogP contribution in [0, 0.1) is 0 Å². The van der Waals surface area contributed by atoms with Gasteiger partial charge in [0.15, 0.2) is 11.5 Å². The van der Waals surface area contributed by atoms with E-state index in [4.69, 9.17) is 18.2 Å². The number of hydrogen-bond acceptors (Lipinski definition) is 8. The maximum absolute atomic E-state index is 5.40. The summed E-state index contributed by atoms with van der Waals surface area (Å²) in [5.41, 5.74) is 1.68. The summed E-state index contributed by atoms with van der Waals surface area (Å²) in [4.78, 5) is 4.26. The SMILES string of the molecule is COc1cccc(-c2cc(CNCc3nc(-c4ccco4)no3)no2)c1. The molecule has 0 radical (unpaired) electrons. The molecule has 0 aliphatic carbocycles. The Hall–Kier alpha value is -3.39. The molecule has 0 aliphatic rings. The van der Waals surface area contributed by atoms with Crippen LogP contribution in [0.2, 0.25) is 0 Å². The summed E-state index contributed by atoms with van der Waals surface area (Å²) in [5.74, 6) is 2.90. The third-order valence-corrected chi connectivity index (χ3v) is 3.71. The number of ether oxygens (including phenoxy) is 1. The Kier molecular flexibility index (Phi) is 4.48. The van der Waals surface area contributed by atoms with E-state index >= 15 is 0 Å². The van der Waals surface area contributed by atoms with Gasteiger partial charge in [-0.3, -0.25) is 0 Å². The molecule has 0 unspecified atom stereocenters. The van der Waals surface area contributed by atoms with E-state index in [0.717, 1.165) is 17.0 Å². The minimum atomic E-state index is 0.412. The minimum absolute atomic E-state index is 0.412. The molecule has 0 amide bonds. The van der Waals surface area contributed by atoms with E-state index in [-0.39, 0.29) is 0 Å². The summed E-state index contributed by atoms with van der Waals surface area (Å²) < 4.78 is 21.0. The second-order valence-corrected chi connectivity index (χ2v) is 5.51. The van der Waals surface area contributed by atoms with Crippen LogP contribution in [-0.2, 0) is 13.1 Å². The average Bonchev–Trinajstić information content (AvgIpc) is 3.43. The first-order valence-corrected chi connectivity index (χ1v) is 7.99. The normalized spacial score (nSPS) is 11.0. The molecular formula is C18H16N4O4. The van der Waals surface area contributed by atoms with Crippen LogP contribution in [0.1, 0.15) is 11.6 Å². The van der Waals surface area contributed by atoms with Gasteiger partial charge >= 0.3 is 0 Å². The number of hydrogen-bond donors (Lipinski definition) is 1. The highest BCUT2D eigenvalue weighted by molar-refractivity contribution is 5.59. The lowest BCUT2D eigenvalue weighted by atomic mass is 10.1. The molecule has 0 saturated heterocycles. The molecule has 1 N–H and O–H groups in total. The zero-order valence-electron chi connectivity index (χ0n) is 14.0. The molecule has 26 heavy (non-hydrogen) atoms. The Bertz CT molecular complexity index is 975. The number of benzene rings is 1. The monoisotopic (exact) mass is 352 g/mol. The zero-order chi connectivity index (χ0) is 17.8. The van der Waals surface area contributed by atoms with Crippen LogP contribution in [0.4, 0.5) is 0 Å². The lowest BCUT2D eigenvalue weighted by molar-refractivity contribution is 0.364. The molecule has 4 rings (SSSR count). The van der Waals surface area contributed by atoms with Gasteiger partial charge in [-0.05, 0) is 24.3 Å². The number of furan rings is 1. The van der Waals surface area contributed by atoms with E-state index < -0.39 is 0 Å². The minimum Gasteiger partial charge on any atom is -0.497 e. The second kappa shape index (κ2) is 7.24. The van der Waals surface area contributed by atoms with Crippen LogP contribution in [0.15, 0.2) is 62.2 Å². The molecular weight excluding hydrogens is 336 g/mol. The van der Waals surface area contributed by atoms with Gasteiger partial charge in [0.2, 0.25) is 11.7 Å². The summed E-state index contributed by atoms with van der Waals surface area (Å²) in [6.45, 7) is 0.918. The van der Waals surface area contributed by atoms with Gasteiger partial charge < -0.3 is 23.5 Å². The van der Waals surface area contributed by atoms with Crippen molar-refractivity contribution in [3.8, 4) is 28.7 Å². The van der Waals surface area contributed by atoms with Crippen molar-refractivity contribution in [1.82, 2.24) is 20.6 Å². The molecule has 0 atom stereocenters. The van der Waals surface area contributed by atoms with Gasteiger partial charge in [-0.1, -0.05) is 22.4 Å². The fraction of sp³-hybridized carbons (Fsp3) is 0.167. The molecule has 4 aromatic rings. The van der Waals surface area contributed by atoms with E-state index in [1.54, 1.807) is 25.5 Å². The van der Waals surface area contributed by atoms with Crippen LogP contribution in [0.25, 0.3) is 22.9 Å². The quantitative estimate of drug-likeness (QED) is 0.541. The summed E-state index contributed by atoms with van der Waals surface area (Å²) in [5, 5.41) is 11.1. The lowest BCUT2D eigenvalue weighted by Crippen LogP contribution is -2.13. The van der Waals surface area contributed by atoms with Gasteiger partial charge in [0.1, 0.15) is 5.75 Å². The van der Waals surface area contributed by atoms with Crippen molar-refractivity contribution in [3.63, 3.8) is 0 Å². The topological polar surface area (TPSA) is 99.3 Å². The predicted octanol–water partition coefficient (Wildman–Crippen LogP) is 3.28. The summed E-state index contributed by atoms with van der Waals surface area (Å²) in [6, 6.07) is 13.0. The zero-order valence-corrected chi connectivity index (χ0v) is 14.0. The largest absolute Gasteiger partial charge is 0.497 e. The van der Waals surface area contributed by atoms with E-state index in [1.165, 1.54) is 0 Å². The fourth-order valence-corrected chi connectivity index (χ4v) is 2.44. The van der Waals surface area contributed by atoms with Crippen molar-refractivity contribution in [1.29, 1.82) is 0 Å². The van der Waals surface area contributed by atoms with Crippen LogP contribution >= 0.6 is 0 Å². The van der Waals surface area contributed by atoms with Gasteiger partial charge in [-0.25, -0.2) is 0 Å². The molecule has 0 spiro atoms. The van der Waals surface area contributed by atoms with Crippen molar-refractivity contribution in [3.05, 3.63) is 60.3 Å². The number of rotatable bonds is 7. The number of aromatic nitrogens is 3. The predicted molar refractivity (Wildman–Crippen MR) is 91.0 cm³/mol. The molecule has 3 aromatic heterocycles. The van der Waals surface area contributed by atoms with Crippen molar-refractivity contribution in [2.75, 3.05) is 7.11 Å². The second-order valence-electron chi connectivity index (χ2n) is 5.51. The smallest absolute Gasteiger partial charge is 0.241 e. The average molecular weight is 352 g/mol. The molecule has 8 heteroatoms. The molecule has 0 bridgehead atoms. The lowest BCUT2D eigenvalue weighted by Gasteiger charge is -2.00. The Morgan fingerprint density at radius 1 is 1.00 bits per heavy atom. The van der Waals surface area contributed by atoms with E-state index in [2.05, 4.69) is 20.6 Å². The number of methoxy groups -OCH3 is 1. The summed E-state index contributed by atoms with van der Waals surface area (Å²) in [7, 11) is 1.63. The molecule has 8 nitrogen and oxygen atoms in total. The van der Waals surface area contributed by atoms with Crippen molar-refractivity contribution >= 4 is 0 Å². The van der Waals surface area contributed by atoms with Gasteiger partial charge in [0, 0.05) is 18.2 Å². The van der Waals surface area contributed by atoms with Gasteiger partial charge in [-0.15, -0.1) is 0 Å².